The summed E-state index contributed by atoms with van der Waals surface area (Å²) in [5, 5.41) is 9.81. The summed E-state index contributed by atoms with van der Waals surface area (Å²) >= 11 is 0. The molecule has 0 aromatic carbocycles. The summed E-state index contributed by atoms with van der Waals surface area (Å²) < 4.78 is 0. The van der Waals surface area contributed by atoms with Crippen LogP contribution < -0.4 is 0 Å². The number of rotatable bonds is 1. The molecule has 1 rings (SSSR count). The zero-order valence-electron chi connectivity index (χ0n) is 7.96. The van der Waals surface area contributed by atoms with Gasteiger partial charge in [-0.15, -0.1) is 6.42 Å². The van der Waals surface area contributed by atoms with Crippen LogP contribution in [0, 0.1) is 24.2 Å². The summed E-state index contributed by atoms with van der Waals surface area (Å²) in [7, 11) is 0. The highest BCUT2D eigenvalue weighted by Crippen LogP contribution is 2.35. The molecular formula is C11H16O. The highest BCUT2D eigenvalue weighted by molar-refractivity contribution is 5.32. The predicted octanol–water partition coefficient (Wildman–Crippen LogP) is 1.97. The molecule has 1 N–H and O–H groups in total. The molecule has 1 heteroatoms. The molecular weight excluding hydrogens is 148 g/mol. The van der Waals surface area contributed by atoms with E-state index in [1.165, 1.54) is 0 Å². The Kier molecular flexibility index (Phi) is 2.30. The maximum Gasteiger partial charge on any atom is 0.144 e. The van der Waals surface area contributed by atoms with Gasteiger partial charge < -0.3 is 5.11 Å². The Morgan fingerprint density at radius 1 is 1.67 bits per heavy atom. The smallest absolute Gasteiger partial charge is 0.144 e. The van der Waals surface area contributed by atoms with Crippen molar-refractivity contribution < 1.29 is 5.11 Å². The molecule has 0 bridgehead atoms. The van der Waals surface area contributed by atoms with Crippen molar-refractivity contribution in [1.29, 1.82) is 0 Å². The number of hydrogen-bond acceptors (Lipinski definition) is 1. The van der Waals surface area contributed by atoms with Crippen LogP contribution >= 0.6 is 0 Å². The van der Waals surface area contributed by atoms with Crippen LogP contribution in [0.2, 0.25) is 0 Å². The van der Waals surface area contributed by atoms with E-state index in [0.717, 1.165) is 12.0 Å². The molecule has 3 atom stereocenters. The van der Waals surface area contributed by atoms with E-state index in [2.05, 4.69) is 25.8 Å². The first kappa shape index (κ1) is 9.35. The van der Waals surface area contributed by atoms with Gasteiger partial charge in [0.15, 0.2) is 0 Å². The molecule has 0 aromatic rings. The monoisotopic (exact) mass is 164 g/mol. The van der Waals surface area contributed by atoms with Gasteiger partial charge in [0, 0.05) is 0 Å². The lowest BCUT2D eigenvalue weighted by Gasteiger charge is -2.21. The molecule has 0 radical (unpaired) electrons. The van der Waals surface area contributed by atoms with Crippen molar-refractivity contribution in [2.75, 3.05) is 0 Å². The molecule has 0 saturated carbocycles. The Bertz CT molecular complexity index is 242. The van der Waals surface area contributed by atoms with Crippen molar-refractivity contribution in [3.8, 4) is 12.3 Å². The van der Waals surface area contributed by atoms with E-state index in [4.69, 9.17) is 6.42 Å². The van der Waals surface area contributed by atoms with Crippen LogP contribution in [0.15, 0.2) is 11.6 Å². The van der Waals surface area contributed by atoms with Crippen LogP contribution in [0.25, 0.3) is 0 Å². The van der Waals surface area contributed by atoms with Gasteiger partial charge in [-0.2, -0.15) is 0 Å². The van der Waals surface area contributed by atoms with Gasteiger partial charge in [0.1, 0.15) is 5.60 Å². The number of allylic oxidation sites excluding steroid dienone is 1. The number of terminal acetylenes is 1. The minimum atomic E-state index is -1.04. The fourth-order valence-electron chi connectivity index (χ4n) is 1.95. The summed E-state index contributed by atoms with van der Waals surface area (Å²) in [4.78, 5) is 0. The van der Waals surface area contributed by atoms with E-state index in [9.17, 15) is 5.11 Å². The van der Waals surface area contributed by atoms with E-state index in [1.807, 2.05) is 0 Å². The van der Waals surface area contributed by atoms with Gasteiger partial charge in [-0.1, -0.05) is 25.8 Å². The van der Waals surface area contributed by atoms with E-state index in [-0.39, 0.29) is 0 Å². The fourth-order valence-corrected chi connectivity index (χ4v) is 1.95. The molecule has 0 heterocycles. The lowest BCUT2D eigenvalue weighted by molar-refractivity contribution is 0.151. The second-order valence-electron chi connectivity index (χ2n) is 3.95. The predicted molar refractivity (Wildman–Crippen MR) is 50.5 cm³/mol. The van der Waals surface area contributed by atoms with Gasteiger partial charge in [-0.05, 0) is 30.8 Å². The largest absolute Gasteiger partial charge is 0.374 e. The Balaban J connectivity index is 2.90. The molecule has 1 nitrogen and oxygen atoms in total. The fraction of sp³-hybridized carbons (Fsp3) is 0.636. The minimum absolute atomic E-state index is 0.422. The third-order valence-corrected chi connectivity index (χ3v) is 2.56. The average Bonchev–Trinajstić information content (AvgIpc) is 2.31. The van der Waals surface area contributed by atoms with Gasteiger partial charge in [-0.3, -0.25) is 0 Å². The molecule has 1 unspecified atom stereocenters. The van der Waals surface area contributed by atoms with Crippen molar-refractivity contribution >= 4 is 0 Å². The first-order valence-electron chi connectivity index (χ1n) is 4.39. The van der Waals surface area contributed by atoms with E-state index < -0.39 is 5.60 Å². The van der Waals surface area contributed by atoms with Crippen molar-refractivity contribution in [3.63, 3.8) is 0 Å². The lowest BCUT2D eigenvalue weighted by Crippen LogP contribution is -2.26. The quantitative estimate of drug-likeness (QED) is 0.464. The maximum atomic E-state index is 9.81. The van der Waals surface area contributed by atoms with Gasteiger partial charge in [0.05, 0.1) is 0 Å². The number of aliphatic hydroxyl groups is 1. The molecule has 0 amide bonds. The molecule has 0 aromatic heterocycles. The van der Waals surface area contributed by atoms with Gasteiger partial charge >= 0.3 is 0 Å². The topological polar surface area (TPSA) is 20.2 Å². The van der Waals surface area contributed by atoms with Gasteiger partial charge in [-0.25, -0.2) is 0 Å². The lowest BCUT2D eigenvalue weighted by atomic mass is 9.89. The first-order chi connectivity index (χ1) is 5.47. The van der Waals surface area contributed by atoms with Gasteiger partial charge in [0.25, 0.3) is 0 Å². The molecule has 66 valence electrons. The van der Waals surface area contributed by atoms with Crippen molar-refractivity contribution in [1.82, 2.24) is 0 Å². The molecule has 1 aliphatic carbocycles. The van der Waals surface area contributed by atoms with Crippen molar-refractivity contribution in [2.45, 2.75) is 32.8 Å². The number of hydrogen-bond donors (Lipinski definition) is 1. The van der Waals surface area contributed by atoms with Crippen molar-refractivity contribution in [2.24, 2.45) is 11.8 Å². The zero-order valence-corrected chi connectivity index (χ0v) is 7.96. The summed E-state index contributed by atoms with van der Waals surface area (Å²) in [5.74, 6) is 3.39. The van der Waals surface area contributed by atoms with E-state index >= 15 is 0 Å². The highest BCUT2D eigenvalue weighted by atomic mass is 16.3. The van der Waals surface area contributed by atoms with Crippen LogP contribution in [-0.2, 0) is 0 Å². The van der Waals surface area contributed by atoms with Crippen LogP contribution in [-0.4, -0.2) is 10.7 Å². The highest BCUT2D eigenvalue weighted by Gasteiger charge is 2.32. The molecule has 1 aliphatic rings. The Morgan fingerprint density at radius 3 is 2.58 bits per heavy atom. The maximum absolute atomic E-state index is 9.81. The molecule has 12 heavy (non-hydrogen) atoms. The second kappa shape index (κ2) is 2.95. The normalized spacial score (nSPS) is 33.8. The molecule has 0 spiro atoms. The Morgan fingerprint density at radius 2 is 2.25 bits per heavy atom. The van der Waals surface area contributed by atoms with Crippen LogP contribution in [0.5, 0.6) is 0 Å². The van der Waals surface area contributed by atoms with Gasteiger partial charge in [0.2, 0.25) is 0 Å². The standard InChI is InChI=1S/C11H16O/c1-5-11(4,12)10-7-8(2)6-9(10)3/h1,7-9,12H,6H2,2-4H3/t8-,9+,11?/m1/s1. The summed E-state index contributed by atoms with van der Waals surface area (Å²) in [5.41, 5.74) is -0.0259. The third kappa shape index (κ3) is 1.54. The molecule has 0 aliphatic heterocycles. The average molecular weight is 164 g/mol. The molecule has 0 fully saturated rings. The van der Waals surface area contributed by atoms with Crippen molar-refractivity contribution in [3.05, 3.63) is 11.6 Å². The SMILES string of the molecule is C#CC(C)(O)C1=C[C@H](C)C[C@@H]1C. The van der Waals surface area contributed by atoms with Crippen LogP contribution in [0.1, 0.15) is 27.2 Å². The second-order valence-corrected chi connectivity index (χ2v) is 3.95. The third-order valence-electron chi connectivity index (χ3n) is 2.56. The minimum Gasteiger partial charge on any atom is -0.374 e. The van der Waals surface area contributed by atoms with E-state index in [1.54, 1.807) is 6.92 Å². The van der Waals surface area contributed by atoms with Crippen LogP contribution in [0.3, 0.4) is 0 Å². The Hall–Kier alpha value is -0.740. The summed E-state index contributed by atoms with van der Waals surface area (Å²) in [6.45, 7) is 5.95. The van der Waals surface area contributed by atoms with Crippen LogP contribution in [0.4, 0.5) is 0 Å². The first-order valence-corrected chi connectivity index (χ1v) is 4.39. The summed E-state index contributed by atoms with van der Waals surface area (Å²) in [6.07, 6.45) is 8.46. The van der Waals surface area contributed by atoms with E-state index in [0.29, 0.717) is 11.8 Å². The Labute approximate surface area is 74.5 Å². The summed E-state index contributed by atoms with van der Waals surface area (Å²) in [6, 6.07) is 0. The molecule has 0 saturated heterocycles. The zero-order chi connectivity index (χ0) is 9.35.